The van der Waals surface area contributed by atoms with E-state index in [-0.39, 0.29) is 24.4 Å². The van der Waals surface area contributed by atoms with Crippen molar-refractivity contribution in [1.82, 2.24) is 0 Å². The molecule has 0 atom stereocenters. The number of hydrogen-bond acceptors (Lipinski definition) is 2. The average Bonchev–Trinajstić information content (AvgIpc) is 2.39. The number of hydrogen-bond donors (Lipinski definition) is 0. The van der Waals surface area contributed by atoms with Crippen LogP contribution in [0.2, 0.25) is 5.02 Å². The van der Waals surface area contributed by atoms with Crippen LogP contribution in [0.3, 0.4) is 0 Å². The minimum absolute atomic E-state index is 0. The van der Waals surface area contributed by atoms with Gasteiger partial charge >= 0.3 is 18.9 Å². The van der Waals surface area contributed by atoms with Crippen LogP contribution in [0.25, 0.3) is 0 Å². The Kier molecular flexibility index (Phi) is 7.48. The zero-order chi connectivity index (χ0) is 13.0. The van der Waals surface area contributed by atoms with Gasteiger partial charge in [-0.25, -0.2) is 0 Å². The molecule has 2 nitrogen and oxygen atoms in total. The molecule has 1 aliphatic carbocycles. The van der Waals surface area contributed by atoms with Gasteiger partial charge in [-0.05, 0) is 12.1 Å². The topological polar surface area (TPSA) is 26.3 Å². The smallest absolute Gasteiger partial charge is 0.496 e. The molecule has 0 heterocycles. The van der Waals surface area contributed by atoms with E-state index in [0.29, 0.717) is 22.0 Å². The third-order valence-electron chi connectivity index (χ3n) is 3.28. The normalized spacial score (nSPS) is 16.3. The van der Waals surface area contributed by atoms with Gasteiger partial charge in [-0.2, -0.15) is 5.66 Å². The van der Waals surface area contributed by atoms with E-state index in [1.807, 2.05) is 0 Å². The predicted molar refractivity (Wildman–Crippen MR) is 76.1 cm³/mol. The standard InChI is InChI=1S/C14H17ClO2P.Li/c1-17-12-9-5-8-11(15)13(12)14(16)18-10-6-3-2-4-7-10;/h5,8-10H,2-4,6-7H2,1H3;/q-1;+1. The molecular weight excluding hydrogens is 274 g/mol. The van der Waals surface area contributed by atoms with E-state index in [2.05, 4.69) is 0 Å². The summed E-state index contributed by atoms with van der Waals surface area (Å²) in [6, 6.07) is 5.33. The van der Waals surface area contributed by atoms with Crippen LogP contribution in [0.4, 0.5) is 0 Å². The van der Waals surface area contributed by atoms with E-state index in [4.69, 9.17) is 16.3 Å². The molecule has 0 N–H and O–H groups in total. The largest absolute Gasteiger partial charge is 1.00 e. The molecule has 1 fully saturated rings. The van der Waals surface area contributed by atoms with E-state index in [9.17, 15) is 4.79 Å². The van der Waals surface area contributed by atoms with Gasteiger partial charge in [0.05, 0.1) is 12.1 Å². The van der Waals surface area contributed by atoms with Crippen molar-refractivity contribution in [1.29, 1.82) is 0 Å². The Bertz CT molecular complexity index is 433. The zero-order valence-electron chi connectivity index (χ0n) is 11.5. The summed E-state index contributed by atoms with van der Waals surface area (Å²) in [5, 5.41) is 0.489. The minimum atomic E-state index is 0. The van der Waals surface area contributed by atoms with Crippen LogP contribution in [-0.2, 0) is 0 Å². The van der Waals surface area contributed by atoms with Gasteiger partial charge in [0, 0.05) is 11.1 Å². The molecule has 0 spiro atoms. The Labute approximate surface area is 133 Å². The van der Waals surface area contributed by atoms with Crippen molar-refractivity contribution in [3.63, 3.8) is 0 Å². The molecule has 5 heteroatoms. The van der Waals surface area contributed by atoms with Gasteiger partial charge in [0.1, 0.15) is 5.75 Å². The van der Waals surface area contributed by atoms with E-state index in [1.54, 1.807) is 25.3 Å². The number of carbonyl (C=O) groups excluding carboxylic acids is 1. The first-order valence-electron chi connectivity index (χ1n) is 6.30. The fraction of sp³-hybridized carbons (Fsp3) is 0.500. The summed E-state index contributed by atoms with van der Waals surface area (Å²) in [7, 11) is 2.44. The second-order valence-corrected chi connectivity index (χ2v) is 6.35. The van der Waals surface area contributed by atoms with Crippen LogP contribution in [0.15, 0.2) is 18.2 Å². The molecule has 1 saturated carbocycles. The van der Waals surface area contributed by atoms with Gasteiger partial charge in [-0.3, -0.25) is 0 Å². The molecule has 0 amide bonds. The van der Waals surface area contributed by atoms with Gasteiger partial charge in [-0.15, -0.1) is 0 Å². The van der Waals surface area contributed by atoms with Crippen molar-refractivity contribution in [3.8, 4) is 5.75 Å². The summed E-state index contributed by atoms with van der Waals surface area (Å²) < 4.78 is 5.23. The second kappa shape index (κ2) is 8.33. The number of rotatable bonds is 4. The monoisotopic (exact) mass is 290 g/mol. The summed E-state index contributed by atoms with van der Waals surface area (Å²) in [6.07, 6.45) is 6.09. The van der Waals surface area contributed by atoms with Gasteiger partial charge in [0.2, 0.25) is 0 Å². The van der Waals surface area contributed by atoms with Crippen LogP contribution >= 0.6 is 20.2 Å². The van der Waals surface area contributed by atoms with Crippen LogP contribution in [-0.4, -0.2) is 18.3 Å². The molecule has 2 rings (SSSR count). The summed E-state index contributed by atoms with van der Waals surface area (Å²) in [5.41, 5.74) is 1.12. The van der Waals surface area contributed by atoms with E-state index in [1.165, 1.54) is 19.3 Å². The molecule has 0 aliphatic heterocycles. The molecule has 1 aliphatic rings. The SMILES string of the molecule is COc1cccc(Cl)c1C(=O)[P-]C1CCCCC1.[Li+]. The molecule has 0 aromatic heterocycles. The molecule has 0 saturated heterocycles. The Hall–Kier alpha value is 0.00740. The third-order valence-corrected chi connectivity index (χ3v) is 4.94. The number of carbonyl (C=O) groups is 1. The first kappa shape index (κ1) is 17.1. The molecule has 1 aromatic rings. The zero-order valence-corrected chi connectivity index (χ0v) is 13.1. The molecule has 0 radical (unpaired) electrons. The van der Waals surface area contributed by atoms with Crippen molar-refractivity contribution in [3.05, 3.63) is 28.8 Å². The number of ether oxygens (including phenoxy) is 1. The van der Waals surface area contributed by atoms with Crippen molar-refractivity contribution in [2.45, 2.75) is 37.8 Å². The molecule has 0 unspecified atom stereocenters. The number of benzene rings is 1. The van der Waals surface area contributed by atoms with Crippen LogP contribution in [0.5, 0.6) is 5.75 Å². The van der Waals surface area contributed by atoms with Crippen LogP contribution < -0.4 is 23.6 Å². The Balaban J connectivity index is 0.00000180. The first-order valence-corrected chi connectivity index (χ1v) is 7.64. The average molecular weight is 291 g/mol. The van der Waals surface area contributed by atoms with Crippen LogP contribution in [0.1, 0.15) is 42.5 Å². The fourth-order valence-electron chi connectivity index (χ4n) is 2.32. The summed E-state index contributed by atoms with van der Waals surface area (Å²) in [6.45, 7) is 0. The Morgan fingerprint density at radius 2 is 2.00 bits per heavy atom. The van der Waals surface area contributed by atoms with E-state index in [0.717, 1.165) is 21.4 Å². The number of halogens is 1. The van der Waals surface area contributed by atoms with Gasteiger partial charge in [0.25, 0.3) is 0 Å². The molecule has 19 heavy (non-hydrogen) atoms. The summed E-state index contributed by atoms with van der Waals surface area (Å²) in [5.74, 6) is 0.579. The van der Waals surface area contributed by atoms with Crippen LogP contribution in [0, 0.1) is 0 Å². The molecule has 98 valence electrons. The van der Waals surface area contributed by atoms with Crippen molar-refractivity contribution in [2.75, 3.05) is 7.11 Å². The van der Waals surface area contributed by atoms with Crippen molar-refractivity contribution in [2.24, 2.45) is 0 Å². The van der Waals surface area contributed by atoms with Gasteiger partial charge < -0.3 is 18.1 Å². The predicted octanol–water partition coefficient (Wildman–Crippen LogP) is 1.77. The summed E-state index contributed by atoms with van der Waals surface area (Å²) in [4.78, 5) is 12.3. The maximum absolute atomic E-state index is 12.3. The molecule has 0 bridgehead atoms. The Morgan fingerprint density at radius 1 is 1.32 bits per heavy atom. The summed E-state index contributed by atoms with van der Waals surface area (Å²) >= 11 is 6.12. The molecular formula is C14H17ClLiO2P. The third kappa shape index (κ3) is 4.50. The van der Waals surface area contributed by atoms with Gasteiger partial charge in [-0.1, -0.05) is 49.8 Å². The number of methoxy groups -OCH3 is 1. The fourth-order valence-corrected chi connectivity index (χ4v) is 3.95. The van der Waals surface area contributed by atoms with Crippen molar-refractivity contribution < 1.29 is 28.4 Å². The van der Waals surface area contributed by atoms with Gasteiger partial charge in [0.15, 0.2) is 0 Å². The second-order valence-electron chi connectivity index (χ2n) is 4.54. The molecule has 1 aromatic carbocycles. The quantitative estimate of drug-likeness (QED) is 0.624. The Morgan fingerprint density at radius 3 is 2.63 bits per heavy atom. The minimum Gasteiger partial charge on any atom is -0.496 e. The van der Waals surface area contributed by atoms with E-state index >= 15 is 0 Å². The van der Waals surface area contributed by atoms with Crippen molar-refractivity contribution >= 4 is 25.7 Å². The van der Waals surface area contributed by atoms with E-state index < -0.39 is 0 Å². The maximum atomic E-state index is 12.3. The maximum Gasteiger partial charge on any atom is 1.00 e. The first-order chi connectivity index (χ1) is 8.72.